The Kier molecular flexibility index (Phi) is 15.3. The van der Waals surface area contributed by atoms with Crippen LogP contribution in [-0.2, 0) is 9.53 Å². The lowest BCUT2D eigenvalue weighted by Gasteiger charge is -2.26. The molecule has 11 heteroatoms. The lowest BCUT2D eigenvalue weighted by atomic mass is 9.98. The number of esters is 1. The van der Waals surface area contributed by atoms with E-state index in [0.29, 0.717) is 53.3 Å². The average molecular weight is 696 g/mol. The first-order chi connectivity index (χ1) is 23.4. The van der Waals surface area contributed by atoms with Crippen molar-refractivity contribution in [1.29, 1.82) is 0 Å². The van der Waals surface area contributed by atoms with E-state index in [-0.39, 0.29) is 28.3 Å². The third-order valence-corrected chi connectivity index (χ3v) is 9.86. The SMILES string of the molecule is CC.CSCCC(NC(=O)c1ccc(OCC2CC(SC(=O)c3ccccc3)CN2)cc1-c1ccc(F)cc1)C(=O)OC1CCNCC1. The van der Waals surface area contributed by atoms with Gasteiger partial charge in [-0.1, -0.05) is 68.1 Å². The zero-order valence-electron chi connectivity index (χ0n) is 27.8. The fraction of sp³-hybridized carbons (Fsp3) is 0.432. The Morgan fingerprint density at radius 3 is 2.44 bits per heavy atom. The van der Waals surface area contributed by atoms with Crippen LogP contribution in [-0.4, -0.2) is 78.7 Å². The van der Waals surface area contributed by atoms with E-state index in [2.05, 4.69) is 16.0 Å². The molecular formula is C37H46FN3O5S2. The molecule has 0 radical (unpaired) electrons. The molecule has 1 amide bonds. The Balaban J connectivity index is 0.00000255. The Bertz CT molecular complexity index is 1470. The first-order valence-corrected chi connectivity index (χ1v) is 18.9. The number of hydrogen-bond donors (Lipinski definition) is 3. The monoisotopic (exact) mass is 695 g/mol. The molecule has 5 rings (SSSR count). The number of piperidine rings is 1. The predicted octanol–water partition coefficient (Wildman–Crippen LogP) is 6.35. The lowest BCUT2D eigenvalue weighted by Crippen LogP contribution is -2.44. The number of nitrogens with one attached hydrogen (secondary N) is 3. The van der Waals surface area contributed by atoms with Crippen molar-refractivity contribution in [2.45, 2.75) is 63.0 Å². The first-order valence-electron chi connectivity index (χ1n) is 16.6. The van der Waals surface area contributed by atoms with Gasteiger partial charge in [0.25, 0.3) is 5.91 Å². The Morgan fingerprint density at radius 1 is 1.00 bits per heavy atom. The molecule has 2 aliphatic heterocycles. The quantitative estimate of drug-likeness (QED) is 0.177. The van der Waals surface area contributed by atoms with Crippen molar-refractivity contribution in [3.63, 3.8) is 0 Å². The zero-order valence-corrected chi connectivity index (χ0v) is 29.5. The summed E-state index contributed by atoms with van der Waals surface area (Å²) in [5.74, 6) is 0.00538. The van der Waals surface area contributed by atoms with E-state index in [1.54, 1.807) is 42.1 Å². The smallest absolute Gasteiger partial charge is 0.328 e. The maximum absolute atomic E-state index is 13.8. The van der Waals surface area contributed by atoms with Gasteiger partial charge in [0.1, 0.15) is 30.3 Å². The fourth-order valence-corrected chi connectivity index (χ4v) is 7.10. The standard InChI is InChI=1S/C35H40FN3O5S2.C2H6/c1-45-18-15-32(34(41)44-27-13-16-37-17-14-27)39-33(40)30-12-11-28(20-31(30)23-7-9-25(36)10-8-23)43-22-26-19-29(21-38-26)46-35(42)24-5-3-2-4-6-24;1-2/h2-12,20,26-27,29,32,37-38H,13-19,21-22H2,1H3,(H,39,40);1-2H3. The van der Waals surface area contributed by atoms with Gasteiger partial charge in [-0.3, -0.25) is 9.59 Å². The van der Waals surface area contributed by atoms with Crippen LogP contribution in [0.15, 0.2) is 72.8 Å². The molecule has 0 bridgehead atoms. The summed E-state index contributed by atoms with van der Waals surface area (Å²) in [6.45, 7) is 6.66. The molecule has 2 fully saturated rings. The van der Waals surface area contributed by atoms with Crippen LogP contribution < -0.4 is 20.7 Å². The van der Waals surface area contributed by atoms with Crippen molar-refractivity contribution in [2.24, 2.45) is 0 Å². The molecule has 2 heterocycles. The molecule has 8 nitrogen and oxygen atoms in total. The molecule has 2 aliphatic rings. The van der Waals surface area contributed by atoms with E-state index < -0.39 is 17.9 Å². The van der Waals surface area contributed by atoms with Crippen molar-refractivity contribution in [3.05, 3.63) is 89.7 Å². The summed E-state index contributed by atoms with van der Waals surface area (Å²) in [5.41, 5.74) is 2.24. The molecule has 0 aromatic heterocycles. The Labute approximate surface area is 291 Å². The summed E-state index contributed by atoms with van der Waals surface area (Å²) >= 11 is 2.94. The predicted molar refractivity (Wildman–Crippen MR) is 193 cm³/mol. The summed E-state index contributed by atoms with van der Waals surface area (Å²) in [6, 6.07) is 19.6. The van der Waals surface area contributed by atoms with Crippen molar-refractivity contribution in [1.82, 2.24) is 16.0 Å². The van der Waals surface area contributed by atoms with Crippen LogP contribution in [0.4, 0.5) is 4.39 Å². The molecule has 3 unspecified atom stereocenters. The molecule has 0 spiro atoms. The van der Waals surface area contributed by atoms with Gasteiger partial charge in [0.15, 0.2) is 0 Å². The number of carbonyl (C=O) groups is 3. The first kappa shape index (κ1) is 37.4. The summed E-state index contributed by atoms with van der Waals surface area (Å²) < 4.78 is 25.8. The van der Waals surface area contributed by atoms with Crippen LogP contribution in [0.2, 0.25) is 0 Å². The van der Waals surface area contributed by atoms with Gasteiger partial charge >= 0.3 is 5.97 Å². The number of carbonyl (C=O) groups excluding carboxylic acids is 3. The molecule has 48 heavy (non-hydrogen) atoms. The normalized spacial score (nSPS) is 18.2. The lowest BCUT2D eigenvalue weighted by molar-refractivity contribution is -0.152. The second kappa shape index (κ2) is 19.6. The number of rotatable bonds is 13. The molecule has 3 atom stereocenters. The number of ether oxygens (including phenoxy) is 2. The van der Waals surface area contributed by atoms with Gasteiger partial charge in [0, 0.05) is 29.0 Å². The highest BCUT2D eigenvalue weighted by Crippen LogP contribution is 2.30. The van der Waals surface area contributed by atoms with Gasteiger partial charge in [0.2, 0.25) is 5.12 Å². The molecule has 2 saturated heterocycles. The van der Waals surface area contributed by atoms with Crippen LogP contribution in [0.3, 0.4) is 0 Å². The minimum atomic E-state index is -0.792. The third-order valence-electron chi connectivity index (χ3n) is 8.08. The number of halogens is 1. The minimum absolute atomic E-state index is 0.0569. The van der Waals surface area contributed by atoms with E-state index >= 15 is 0 Å². The maximum Gasteiger partial charge on any atom is 0.328 e. The topological polar surface area (TPSA) is 106 Å². The summed E-state index contributed by atoms with van der Waals surface area (Å²) in [4.78, 5) is 39.5. The van der Waals surface area contributed by atoms with Crippen molar-refractivity contribution in [3.8, 4) is 16.9 Å². The number of benzene rings is 3. The van der Waals surface area contributed by atoms with Crippen LogP contribution in [0.5, 0.6) is 5.75 Å². The van der Waals surface area contributed by atoms with Gasteiger partial charge in [-0.25, -0.2) is 9.18 Å². The third kappa shape index (κ3) is 11.1. The highest BCUT2D eigenvalue weighted by atomic mass is 32.2. The molecular weight excluding hydrogens is 650 g/mol. The van der Waals surface area contributed by atoms with E-state index in [0.717, 1.165) is 32.4 Å². The Morgan fingerprint density at radius 2 is 1.73 bits per heavy atom. The molecule has 3 N–H and O–H groups in total. The number of amides is 1. The highest BCUT2D eigenvalue weighted by Gasteiger charge is 2.29. The van der Waals surface area contributed by atoms with Gasteiger partial charge in [-0.05, 0) is 92.2 Å². The fourth-order valence-electron chi connectivity index (χ4n) is 5.55. The maximum atomic E-state index is 13.8. The number of thioether (sulfide) groups is 2. The second-order valence-corrected chi connectivity index (χ2v) is 13.7. The van der Waals surface area contributed by atoms with Crippen LogP contribution in [0.1, 0.15) is 60.2 Å². The van der Waals surface area contributed by atoms with E-state index in [1.165, 1.54) is 23.9 Å². The van der Waals surface area contributed by atoms with E-state index in [4.69, 9.17) is 9.47 Å². The van der Waals surface area contributed by atoms with Gasteiger partial charge in [0.05, 0.1) is 0 Å². The average Bonchev–Trinajstić information content (AvgIpc) is 3.58. The van der Waals surface area contributed by atoms with Gasteiger partial charge in [-0.2, -0.15) is 11.8 Å². The molecule has 0 aliphatic carbocycles. The van der Waals surface area contributed by atoms with Crippen molar-refractivity contribution >= 4 is 40.5 Å². The van der Waals surface area contributed by atoms with Crippen molar-refractivity contribution in [2.75, 3.05) is 38.2 Å². The Hall–Kier alpha value is -3.38. The zero-order chi connectivity index (χ0) is 34.3. The highest BCUT2D eigenvalue weighted by molar-refractivity contribution is 8.14. The largest absolute Gasteiger partial charge is 0.492 e. The molecule has 258 valence electrons. The summed E-state index contributed by atoms with van der Waals surface area (Å²) in [6.07, 6.45) is 4.49. The van der Waals surface area contributed by atoms with E-state index in [9.17, 15) is 18.8 Å². The number of hydrogen-bond acceptors (Lipinski definition) is 9. The second-order valence-electron chi connectivity index (χ2n) is 11.5. The minimum Gasteiger partial charge on any atom is -0.492 e. The van der Waals surface area contributed by atoms with Crippen LogP contribution in [0, 0.1) is 5.82 Å². The summed E-state index contributed by atoms with van der Waals surface area (Å²) in [5, 5.41) is 9.81. The molecule has 3 aromatic carbocycles. The van der Waals surface area contributed by atoms with E-state index in [1.807, 2.05) is 50.4 Å². The van der Waals surface area contributed by atoms with Gasteiger partial charge in [-0.15, -0.1) is 0 Å². The van der Waals surface area contributed by atoms with Crippen LogP contribution in [0.25, 0.3) is 11.1 Å². The van der Waals surface area contributed by atoms with Crippen molar-refractivity contribution < 1.29 is 28.2 Å². The molecule has 0 saturated carbocycles. The van der Waals surface area contributed by atoms with Gasteiger partial charge < -0.3 is 25.4 Å². The summed E-state index contributed by atoms with van der Waals surface area (Å²) in [7, 11) is 0. The van der Waals surface area contributed by atoms with Crippen LogP contribution >= 0.6 is 23.5 Å². The molecule has 3 aromatic rings.